The number of carbonyl (C=O) groups is 1. The molecule has 13 heavy (non-hydrogen) atoms. The molecule has 0 saturated heterocycles. The van der Waals surface area contributed by atoms with Crippen LogP contribution < -0.4 is 0 Å². The minimum absolute atomic E-state index is 0.227. The van der Waals surface area contributed by atoms with Crippen molar-refractivity contribution in [2.24, 2.45) is 0 Å². The van der Waals surface area contributed by atoms with E-state index in [0.717, 1.165) is 12.8 Å². The molecule has 0 spiro atoms. The van der Waals surface area contributed by atoms with Gasteiger partial charge in [0.2, 0.25) is 0 Å². The van der Waals surface area contributed by atoms with Gasteiger partial charge in [0.15, 0.2) is 5.56 Å². The summed E-state index contributed by atoms with van der Waals surface area (Å²) in [7, 11) is 0. The molecular weight excluding hydrogens is 208 g/mol. The zero-order valence-electron chi connectivity index (χ0n) is 7.79. The predicted molar refractivity (Wildman–Crippen MR) is 56.3 cm³/mol. The van der Waals surface area contributed by atoms with Crippen molar-refractivity contribution >= 4 is 28.7 Å². The Morgan fingerprint density at radius 1 is 1.46 bits per heavy atom. The molecule has 0 amide bonds. The number of thioether (sulfide) groups is 1. The first-order chi connectivity index (χ1) is 6.18. The van der Waals surface area contributed by atoms with Crippen LogP contribution >= 0.6 is 23.4 Å². The maximum atomic E-state index is 11.2. The average Bonchev–Trinajstić information content (AvgIpc) is 2.04. The molecule has 0 N–H and O–H groups in total. The SMILES string of the molecule is CC(Cl)OC(=O)SC1CCCCC1. The number of halogens is 1. The van der Waals surface area contributed by atoms with Crippen molar-refractivity contribution < 1.29 is 9.53 Å². The predicted octanol–water partition coefficient (Wildman–Crippen LogP) is 3.77. The molecule has 0 radical (unpaired) electrons. The van der Waals surface area contributed by atoms with Gasteiger partial charge in [0.05, 0.1) is 0 Å². The number of rotatable bonds is 2. The van der Waals surface area contributed by atoms with Crippen LogP contribution in [0.25, 0.3) is 0 Å². The van der Waals surface area contributed by atoms with Gasteiger partial charge in [-0.2, -0.15) is 0 Å². The third-order valence-electron chi connectivity index (χ3n) is 2.07. The normalized spacial score (nSPS) is 21.1. The smallest absolute Gasteiger partial charge is 0.369 e. The summed E-state index contributed by atoms with van der Waals surface area (Å²) in [5, 5.41) is 0.228. The van der Waals surface area contributed by atoms with Crippen LogP contribution in [0.3, 0.4) is 0 Å². The lowest BCUT2D eigenvalue weighted by Gasteiger charge is -2.19. The Labute approximate surface area is 88.4 Å². The number of carbonyl (C=O) groups excluding carboxylic acids is 1. The largest absolute Gasteiger partial charge is 0.438 e. The van der Waals surface area contributed by atoms with Crippen molar-refractivity contribution in [3.8, 4) is 0 Å². The molecule has 0 aromatic heterocycles. The lowest BCUT2D eigenvalue weighted by Crippen LogP contribution is -2.13. The maximum absolute atomic E-state index is 11.2. The fraction of sp³-hybridized carbons (Fsp3) is 0.889. The van der Waals surface area contributed by atoms with E-state index in [0.29, 0.717) is 5.25 Å². The summed E-state index contributed by atoms with van der Waals surface area (Å²) in [6.45, 7) is 1.65. The van der Waals surface area contributed by atoms with E-state index in [1.165, 1.54) is 31.0 Å². The van der Waals surface area contributed by atoms with Gasteiger partial charge in [-0.15, -0.1) is 0 Å². The molecule has 1 aliphatic rings. The van der Waals surface area contributed by atoms with Crippen molar-refractivity contribution in [1.29, 1.82) is 0 Å². The molecule has 0 bridgehead atoms. The van der Waals surface area contributed by atoms with Crippen LogP contribution in [0, 0.1) is 0 Å². The van der Waals surface area contributed by atoms with Gasteiger partial charge in [-0.25, -0.2) is 4.79 Å². The van der Waals surface area contributed by atoms with Crippen molar-refractivity contribution in [1.82, 2.24) is 0 Å². The zero-order valence-corrected chi connectivity index (χ0v) is 9.37. The summed E-state index contributed by atoms with van der Waals surface area (Å²) in [5.41, 5.74) is -0.511. The Balaban J connectivity index is 2.18. The van der Waals surface area contributed by atoms with Crippen LogP contribution in [0.4, 0.5) is 4.79 Å². The van der Waals surface area contributed by atoms with E-state index in [-0.39, 0.29) is 5.30 Å². The van der Waals surface area contributed by atoms with Gasteiger partial charge < -0.3 is 4.74 Å². The second-order valence-electron chi connectivity index (χ2n) is 3.29. The summed E-state index contributed by atoms with van der Waals surface area (Å²) in [4.78, 5) is 11.2. The van der Waals surface area contributed by atoms with Gasteiger partial charge in [-0.1, -0.05) is 30.9 Å². The lowest BCUT2D eigenvalue weighted by atomic mass is 10.0. The first-order valence-electron chi connectivity index (χ1n) is 4.70. The summed E-state index contributed by atoms with van der Waals surface area (Å²) in [6.07, 6.45) is 6.05. The lowest BCUT2D eigenvalue weighted by molar-refractivity contribution is 0.167. The molecule has 1 atom stereocenters. The van der Waals surface area contributed by atoms with E-state index in [4.69, 9.17) is 16.3 Å². The minimum atomic E-state index is -0.511. The van der Waals surface area contributed by atoms with Crippen LogP contribution in [0.1, 0.15) is 39.0 Å². The highest BCUT2D eigenvalue weighted by Crippen LogP contribution is 2.29. The summed E-state index contributed by atoms with van der Waals surface area (Å²) < 4.78 is 4.84. The molecule has 1 unspecified atom stereocenters. The third kappa shape index (κ3) is 4.77. The molecule has 0 heterocycles. The number of hydrogen-bond acceptors (Lipinski definition) is 3. The quantitative estimate of drug-likeness (QED) is 0.526. The maximum Gasteiger partial charge on any atom is 0.369 e. The molecule has 0 aromatic carbocycles. The van der Waals surface area contributed by atoms with Gasteiger partial charge in [0.25, 0.3) is 0 Å². The Kier molecular flexibility index (Phi) is 4.96. The number of ether oxygens (including phenoxy) is 1. The zero-order chi connectivity index (χ0) is 9.68. The molecule has 1 aliphatic carbocycles. The minimum Gasteiger partial charge on any atom is -0.438 e. The highest BCUT2D eigenvalue weighted by atomic mass is 35.5. The fourth-order valence-corrected chi connectivity index (χ4v) is 2.65. The topological polar surface area (TPSA) is 26.3 Å². The molecule has 1 fully saturated rings. The number of alkyl halides is 1. The van der Waals surface area contributed by atoms with Gasteiger partial charge in [-0.3, -0.25) is 0 Å². The van der Waals surface area contributed by atoms with Crippen LogP contribution in [0.15, 0.2) is 0 Å². The van der Waals surface area contributed by atoms with Crippen LogP contribution in [-0.4, -0.2) is 16.1 Å². The Morgan fingerprint density at radius 2 is 2.08 bits per heavy atom. The van der Waals surface area contributed by atoms with Crippen LogP contribution in [-0.2, 0) is 4.74 Å². The van der Waals surface area contributed by atoms with Gasteiger partial charge in [0, 0.05) is 5.25 Å². The summed E-state index contributed by atoms with van der Waals surface area (Å²) >= 11 is 6.84. The highest BCUT2D eigenvalue weighted by molar-refractivity contribution is 8.13. The molecule has 2 nitrogen and oxygen atoms in total. The van der Waals surface area contributed by atoms with Gasteiger partial charge in [0.1, 0.15) is 0 Å². The first kappa shape index (κ1) is 11.2. The van der Waals surface area contributed by atoms with E-state index in [1.807, 2.05) is 0 Å². The van der Waals surface area contributed by atoms with Crippen molar-refractivity contribution in [3.05, 3.63) is 0 Å². The molecular formula is C9H15ClO2S. The second-order valence-corrected chi connectivity index (χ2v) is 5.14. The van der Waals surface area contributed by atoms with Crippen LogP contribution in [0.5, 0.6) is 0 Å². The standard InChI is InChI=1S/C9H15ClO2S/c1-7(10)12-9(11)13-8-5-3-2-4-6-8/h7-8H,2-6H2,1H3. The van der Waals surface area contributed by atoms with Crippen LogP contribution in [0.2, 0.25) is 0 Å². The summed E-state index contributed by atoms with van der Waals surface area (Å²) in [5.74, 6) is 0. The van der Waals surface area contributed by atoms with E-state index in [9.17, 15) is 4.79 Å². The average molecular weight is 223 g/mol. The molecule has 1 rings (SSSR count). The molecule has 4 heteroatoms. The van der Waals surface area contributed by atoms with E-state index >= 15 is 0 Å². The molecule has 0 aliphatic heterocycles. The third-order valence-corrected chi connectivity index (χ3v) is 3.26. The Morgan fingerprint density at radius 3 is 2.62 bits per heavy atom. The molecule has 1 saturated carbocycles. The highest BCUT2D eigenvalue weighted by Gasteiger charge is 2.19. The van der Waals surface area contributed by atoms with Gasteiger partial charge in [-0.05, 0) is 31.5 Å². The van der Waals surface area contributed by atoms with Crippen molar-refractivity contribution in [2.45, 2.75) is 49.8 Å². The fourth-order valence-electron chi connectivity index (χ4n) is 1.48. The first-order valence-corrected chi connectivity index (χ1v) is 6.01. The molecule has 76 valence electrons. The molecule has 0 aromatic rings. The van der Waals surface area contributed by atoms with E-state index < -0.39 is 5.56 Å². The van der Waals surface area contributed by atoms with Crippen molar-refractivity contribution in [2.75, 3.05) is 0 Å². The second kappa shape index (κ2) is 5.76. The summed E-state index contributed by atoms with van der Waals surface area (Å²) in [6, 6.07) is 0. The van der Waals surface area contributed by atoms with E-state index in [2.05, 4.69) is 0 Å². The van der Waals surface area contributed by atoms with Gasteiger partial charge >= 0.3 is 5.30 Å². The monoisotopic (exact) mass is 222 g/mol. The number of hydrogen-bond donors (Lipinski definition) is 0. The Hall–Kier alpha value is 0.110. The van der Waals surface area contributed by atoms with E-state index in [1.54, 1.807) is 6.92 Å². The van der Waals surface area contributed by atoms with Crippen molar-refractivity contribution in [3.63, 3.8) is 0 Å². The Bertz CT molecular complexity index is 167.